The molecule has 2 rings (SSSR count). The SMILES string of the molecule is COc1ccc(NCc2ccccc2Cl)cc1CO. The zero-order valence-corrected chi connectivity index (χ0v) is 11.4. The highest BCUT2D eigenvalue weighted by Gasteiger charge is 2.04. The van der Waals surface area contributed by atoms with Gasteiger partial charge in [-0.3, -0.25) is 0 Å². The fourth-order valence-electron chi connectivity index (χ4n) is 1.85. The van der Waals surface area contributed by atoms with Crippen LogP contribution in [0.25, 0.3) is 0 Å². The summed E-state index contributed by atoms with van der Waals surface area (Å²) in [5, 5.41) is 13.3. The standard InChI is InChI=1S/C15H16ClNO2/c1-19-15-7-6-13(8-12(15)10-18)17-9-11-4-2-3-5-14(11)16/h2-8,17-18H,9-10H2,1H3. The molecule has 100 valence electrons. The summed E-state index contributed by atoms with van der Waals surface area (Å²) in [4.78, 5) is 0. The number of methoxy groups -OCH3 is 1. The van der Waals surface area contributed by atoms with Crippen LogP contribution in [0.3, 0.4) is 0 Å². The first-order valence-corrected chi connectivity index (χ1v) is 6.37. The molecule has 0 heterocycles. The third-order valence-corrected chi connectivity index (χ3v) is 3.26. The van der Waals surface area contributed by atoms with E-state index >= 15 is 0 Å². The second-order valence-corrected chi connectivity index (χ2v) is 4.54. The zero-order valence-electron chi connectivity index (χ0n) is 10.7. The highest BCUT2D eigenvalue weighted by molar-refractivity contribution is 6.31. The number of halogens is 1. The van der Waals surface area contributed by atoms with E-state index in [-0.39, 0.29) is 6.61 Å². The maximum atomic E-state index is 9.27. The van der Waals surface area contributed by atoms with Gasteiger partial charge < -0.3 is 15.2 Å². The van der Waals surface area contributed by atoms with Crippen molar-refractivity contribution in [2.24, 2.45) is 0 Å². The van der Waals surface area contributed by atoms with Crippen LogP contribution in [0.2, 0.25) is 5.02 Å². The Balaban J connectivity index is 2.10. The van der Waals surface area contributed by atoms with E-state index < -0.39 is 0 Å². The van der Waals surface area contributed by atoms with Crippen molar-refractivity contribution in [1.82, 2.24) is 0 Å². The molecule has 0 amide bonds. The predicted octanol–water partition coefficient (Wildman–Crippen LogP) is 3.45. The minimum Gasteiger partial charge on any atom is -0.496 e. The molecule has 0 bridgehead atoms. The average Bonchev–Trinajstić information content (AvgIpc) is 2.46. The number of nitrogens with one attached hydrogen (secondary N) is 1. The molecule has 0 spiro atoms. The van der Waals surface area contributed by atoms with E-state index in [2.05, 4.69) is 5.32 Å². The molecule has 2 aromatic rings. The third-order valence-electron chi connectivity index (χ3n) is 2.89. The van der Waals surface area contributed by atoms with Crippen molar-refractivity contribution in [2.45, 2.75) is 13.2 Å². The van der Waals surface area contributed by atoms with Crippen molar-refractivity contribution >= 4 is 17.3 Å². The Morgan fingerprint density at radius 2 is 1.95 bits per heavy atom. The Hall–Kier alpha value is -1.71. The Morgan fingerprint density at radius 1 is 1.16 bits per heavy atom. The molecule has 19 heavy (non-hydrogen) atoms. The van der Waals surface area contributed by atoms with Crippen LogP contribution >= 0.6 is 11.6 Å². The predicted molar refractivity (Wildman–Crippen MR) is 77.7 cm³/mol. The maximum absolute atomic E-state index is 9.27. The van der Waals surface area contributed by atoms with Crippen LogP contribution in [0, 0.1) is 0 Å². The quantitative estimate of drug-likeness (QED) is 0.879. The van der Waals surface area contributed by atoms with E-state index in [1.807, 2.05) is 42.5 Å². The normalized spacial score (nSPS) is 10.3. The number of hydrogen-bond acceptors (Lipinski definition) is 3. The van der Waals surface area contributed by atoms with Gasteiger partial charge in [-0.1, -0.05) is 29.8 Å². The van der Waals surface area contributed by atoms with Gasteiger partial charge in [-0.15, -0.1) is 0 Å². The lowest BCUT2D eigenvalue weighted by Gasteiger charge is -2.11. The monoisotopic (exact) mass is 277 g/mol. The van der Waals surface area contributed by atoms with Crippen LogP contribution < -0.4 is 10.1 Å². The number of aliphatic hydroxyl groups excluding tert-OH is 1. The summed E-state index contributed by atoms with van der Waals surface area (Å²) < 4.78 is 5.16. The van der Waals surface area contributed by atoms with Crippen LogP contribution in [0.5, 0.6) is 5.75 Å². The molecule has 0 radical (unpaired) electrons. The van der Waals surface area contributed by atoms with Gasteiger partial charge in [-0.05, 0) is 29.8 Å². The van der Waals surface area contributed by atoms with Crippen LogP contribution in [0.1, 0.15) is 11.1 Å². The second-order valence-electron chi connectivity index (χ2n) is 4.13. The summed E-state index contributed by atoms with van der Waals surface area (Å²) in [6, 6.07) is 13.3. The second kappa shape index (κ2) is 6.45. The maximum Gasteiger partial charge on any atom is 0.124 e. The van der Waals surface area contributed by atoms with E-state index in [0.29, 0.717) is 12.3 Å². The van der Waals surface area contributed by atoms with Crippen molar-refractivity contribution < 1.29 is 9.84 Å². The molecule has 0 aromatic heterocycles. The molecule has 3 nitrogen and oxygen atoms in total. The van der Waals surface area contributed by atoms with Crippen molar-refractivity contribution in [3.63, 3.8) is 0 Å². The lowest BCUT2D eigenvalue weighted by Crippen LogP contribution is -2.01. The highest BCUT2D eigenvalue weighted by atomic mass is 35.5. The van der Waals surface area contributed by atoms with E-state index in [0.717, 1.165) is 21.8 Å². The Labute approximate surface area is 117 Å². The third kappa shape index (κ3) is 3.40. The molecule has 2 N–H and O–H groups in total. The van der Waals surface area contributed by atoms with Gasteiger partial charge in [0.05, 0.1) is 13.7 Å². The van der Waals surface area contributed by atoms with Gasteiger partial charge in [0, 0.05) is 22.8 Å². The van der Waals surface area contributed by atoms with Gasteiger partial charge in [0.2, 0.25) is 0 Å². The molecule has 0 saturated carbocycles. The minimum atomic E-state index is -0.0508. The Kier molecular flexibility index (Phi) is 4.66. The first-order valence-electron chi connectivity index (χ1n) is 5.99. The first-order chi connectivity index (χ1) is 9.24. The fraction of sp³-hybridized carbons (Fsp3) is 0.200. The molecule has 0 saturated heterocycles. The van der Waals surface area contributed by atoms with Crippen LogP contribution in [-0.2, 0) is 13.2 Å². The van der Waals surface area contributed by atoms with E-state index in [9.17, 15) is 5.11 Å². The zero-order chi connectivity index (χ0) is 13.7. The topological polar surface area (TPSA) is 41.5 Å². The number of benzene rings is 2. The van der Waals surface area contributed by atoms with Crippen molar-refractivity contribution in [2.75, 3.05) is 12.4 Å². The van der Waals surface area contributed by atoms with E-state index in [1.165, 1.54) is 0 Å². The van der Waals surface area contributed by atoms with Gasteiger partial charge in [-0.25, -0.2) is 0 Å². The number of anilines is 1. The summed E-state index contributed by atoms with van der Waals surface area (Å²) in [7, 11) is 1.59. The minimum absolute atomic E-state index is 0.0508. The summed E-state index contributed by atoms with van der Waals surface area (Å²) >= 11 is 6.10. The van der Waals surface area contributed by atoms with E-state index in [1.54, 1.807) is 7.11 Å². The van der Waals surface area contributed by atoms with Crippen LogP contribution in [0.4, 0.5) is 5.69 Å². The number of ether oxygens (including phenoxy) is 1. The van der Waals surface area contributed by atoms with Crippen molar-refractivity contribution in [3.05, 3.63) is 58.6 Å². The average molecular weight is 278 g/mol. The largest absolute Gasteiger partial charge is 0.496 e. The summed E-state index contributed by atoms with van der Waals surface area (Å²) in [6.45, 7) is 0.585. The van der Waals surface area contributed by atoms with Gasteiger partial charge >= 0.3 is 0 Å². The molecule has 2 aromatic carbocycles. The lowest BCUT2D eigenvalue weighted by molar-refractivity contribution is 0.274. The van der Waals surface area contributed by atoms with Crippen LogP contribution in [-0.4, -0.2) is 12.2 Å². The smallest absolute Gasteiger partial charge is 0.124 e. The molecule has 4 heteroatoms. The molecule has 0 aliphatic heterocycles. The lowest BCUT2D eigenvalue weighted by atomic mass is 10.1. The summed E-state index contributed by atoms with van der Waals surface area (Å²) in [5.41, 5.74) is 2.71. The molecule has 0 unspecified atom stereocenters. The molecular weight excluding hydrogens is 262 g/mol. The molecule has 0 aliphatic carbocycles. The Bertz CT molecular complexity index is 558. The highest BCUT2D eigenvalue weighted by Crippen LogP contribution is 2.23. The van der Waals surface area contributed by atoms with Gasteiger partial charge in [0.25, 0.3) is 0 Å². The van der Waals surface area contributed by atoms with Crippen LogP contribution in [0.15, 0.2) is 42.5 Å². The number of aliphatic hydroxyl groups is 1. The molecular formula is C15H16ClNO2. The van der Waals surface area contributed by atoms with Gasteiger partial charge in [0.1, 0.15) is 5.75 Å². The molecule has 0 atom stereocenters. The molecule has 0 aliphatic rings. The van der Waals surface area contributed by atoms with Crippen molar-refractivity contribution in [3.8, 4) is 5.75 Å². The first kappa shape index (κ1) is 13.7. The Morgan fingerprint density at radius 3 is 2.63 bits per heavy atom. The summed E-state index contributed by atoms with van der Waals surface area (Å²) in [6.07, 6.45) is 0. The van der Waals surface area contributed by atoms with Crippen molar-refractivity contribution in [1.29, 1.82) is 0 Å². The number of hydrogen-bond donors (Lipinski definition) is 2. The number of rotatable bonds is 5. The summed E-state index contributed by atoms with van der Waals surface area (Å²) in [5.74, 6) is 0.686. The molecule has 0 fully saturated rings. The fourth-order valence-corrected chi connectivity index (χ4v) is 2.05. The van der Waals surface area contributed by atoms with E-state index in [4.69, 9.17) is 16.3 Å². The van der Waals surface area contributed by atoms with Gasteiger partial charge in [-0.2, -0.15) is 0 Å². The van der Waals surface area contributed by atoms with Gasteiger partial charge in [0.15, 0.2) is 0 Å².